The molecular weight excluding hydrogens is 293 g/mol. The Balaban J connectivity index is 1.73. The summed E-state index contributed by atoms with van der Waals surface area (Å²) >= 11 is 12.0. The highest BCUT2D eigenvalue weighted by molar-refractivity contribution is 6.35. The molecule has 20 heavy (non-hydrogen) atoms. The summed E-state index contributed by atoms with van der Waals surface area (Å²) in [6.45, 7) is 6.72. The molecule has 0 aliphatic heterocycles. The summed E-state index contributed by atoms with van der Waals surface area (Å²) in [5, 5.41) is 9.21. The molecule has 0 amide bonds. The maximum atomic E-state index is 6.12. The molecule has 1 aromatic heterocycles. The Hall–Kier alpha value is -1.03. The standard InChI is InChI=1S/C15H19Cl2N3/c1-11-8-12(2)20(19-11)7-3-6-18-10-13-4-5-14(16)9-15(13)17/h4-5,8-9,18H,3,6-7,10H2,1-2H3. The SMILES string of the molecule is Cc1cc(C)n(CCCNCc2ccc(Cl)cc2Cl)n1. The molecule has 0 saturated carbocycles. The summed E-state index contributed by atoms with van der Waals surface area (Å²) in [5.74, 6) is 0. The second kappa shape index (κ2) is 7.11. The molecule has 0 spiro atoms. The topological polar surface area (TPSA) is 29.9 Å². The molecule has 2 rings (SSSR count). The summed E-state index contributed by atoms with van der Waals surface area (Å²) < 4.78 is 2.05. The minimum Gasteiger partial charge on any atom is -0.313 e. The van der Waals surface area contributed by atoms with E-state index in [1.54, 1.807) is 6.07 Å². The summed E-state index contributed by atoms with van der Waals surface area (Å²) in [7, 11) is 0. The smallest absolute Gasteiger partial charge is 0.0596 e. The molecule has 0 saturated heterocycles. The monoisotopic (exact) mass is 311 g/mol. The number of nitrogens with zero attached hydrogens (tertiary/aromatic N) is 2. The fourth-order valence-electron chi connectivity index (χ4n) is 2.14. The Morgan fingerprint density at radius 2 is 2.00 bits per heavy atom. The van der Waals surface area contributed by atoms with E-state index in [4.69, 9.17) is 23.2 Å². The zero-order chi connectivity index (χ0) is 14.5. The molecule has 108 valence electrons. The number of benzene rings is 1. The summed E-state index contributed by atoms with van der Waals surface area (Å²) in [5.41, 5.74) is 3.36. The van der Waals surface area contributed by atoms with Crippen molar-refractivity contribution in [3.05, 3.63) is 51.3 Å². The number of aromatic nitrogens is 2. The van der Waals surface area contributed by atoms with Gasteiger partial charge in [-0.2, -0.15) is 5.10 Å². The van der Waals surface area contributed by atoms with Gasteiger partial charge in [0.25, 0.3) is 0 Å². The highest BCUT2D eigenvalue weighted by atomic mass is 35.5. The first-order valence-corrected chi connectivity index (χ1v) is 7.47. The van der Waals surface area contributed by atoms with Gasteiger partial charge in [0.2, 0.25) is 0 Å². The Morgan fingerprint density at radius 3 is 2.65 bits per heavy atom. The zero-order valence-electron chi connectivity index (χ0n) is 11.8. The second-order valence-electron chi connectivity index (χ2n) is 4.92. The van der Waals surface area contributed by atoms with Gasteiger partial charge in [0.15, 0.2) is 0 Å². The molecule has 1 N–H and O–H groups in total. The molecule has 0 atom stereocenters. The average molecular weight is 312 g/mol. The second-order valence-corrected chi connectivity index (χ2v) is 5.76. The van der Waals surface area contributed by atoms with Gasteiger partial charge in [0, 0.05) is 28.8 Å². The van der Waals surface area contributed by atoms with Gasteiger partial charge in [-0.25, -0.2) is 0 Å². The Labute approximate surface area is 129 Å². The molecule has 5 heteroatoms. The fraction of sp³-hybridized carbons (Fsp3) is 0.400. The van der Waals surface area contributed by atoms with E-state index in [-0.39, 0.29) is 0 Å². The van der Waals surface area contributed by atoms with Gasteiger partial charge in [-0.05, 0) is 50.6 Å². The fourth-order valence-corrected chi connectivity index (χ4v) is 2.62. The third-order valence-corrected chi connectivity index (χ3v) is 3.74. The number of rotatable bonds is 6. The van der Waals surface area contributed by atoms with E-state index in [9.17, 15) is 0 Å². The molecule has 0 aliphatic rings. The number of halogens is 2. The Kier molecular flexibility index (Phi) is 5.46. The molecule has 3 nitrogen and oxygen atoms in total. The molecule has 0 fully saturated rings. The number of aryl methyl sites for hydroxylation is 3. The van der Waals surface area contributed by atoms with Crippen LogP contribution in [0, 0.1) is 13.8 Å². The maximum absolute atomic E-state index is 6.12. The third kappa shape index (κ3) is 4.23. The van der Waals surface area contributed by atoms with Crippen molar-refractivity contribution in [3.63, 3.8) is 0 Å². The van der Waals surface area contributed by atoms with Gasteiger partial charge >= 0.3 is 0 Å². The van der Waals surface area contributed by atoms with Crippen molar-refractivity contribution in [2.24, 2.45) is 0 Å². The van der Waals surface area contributed by atoms with Crippen LogP contribution in [-0.4, -0.2) is 16.3 Å². The van der Waals surface area contributed by atoms with Crippen molar-refractivity contribution < 1.29 is 0 Å². The van der Waals surface area contributed by atoms with Crippen LogP contribution in [0.1, 0.15) is 23.4 Å². The van der Waals surface area contributed by atoms with Gasteiger partial charge in [-0.15, -0.1) is 0 Å². The van der Waals surface area contributed by atoms with Crippen LogP contribution in [0.15, 0.2) is 24.3 Å². The van der Waals surface area contributed by atoms with E-state index in [1.807, 2.05) is 23.7 Å². The van der Waals surface area contributed by atoms with Crippen molar-refractivity contribution in [1.82, 2.24) is 15.1 Å². The van der Waals surface area contributed by atoms with Crippen LogP contribution in [-0.2, 0) is 13.1 Å². The summed E-state index contributed by atoms with van der Waals surface area (Å²) in [6, 6.07) is 7.69. The highest BCUT2D eigenvalue weighted by Gasteiger charge is 2.02. The predicted molar refractivity (Wildman–Crippen MR) is 84.5 cm³/mol. The van der Waals surface area contributed by atoms with Crippen LogP contribution in [0.3, 0.4) is 0 Å². The largest absolute Gasteiger partial charge is 0.313 e. The molecular formula is C15H19Cl2N3. The highest BCUT2D eigenvalue weighted by Crippen LogP contribution is 2.20. The third-order valence-electron chi connectivity index (χ3n) is 3.16. The first-order chi connectivity index (χ1) is 9.56. The van der Waals surface area contributed by atoms with Crippen molar-refractivity contribution in [1.29, 1.82) is 0 Å². The quantitative estimate of drug-likeness (QED) is 0.818. The van der Waals surface area contributed by atoms with Crippen molar-refractivity contribution in [3.8, 4) is 0 Å². The lowest BCUT2D eigenvalue weighted by molar-refractivity contribution is 0.532. The van der Waals surface area contributed by atoms with Crippen molar-refractivity contribution >= 4 is 23.2 Å². The molecule has 0 bridgehead atoms. The normalized spacial score (nSPS) is 11.0. The van der Waals surface area contributed by atoms with Crippen LogP contribution in [0.5, 0.6) is 0 Å². The first kappa shape index (κ1) is 15.4. The van der Waals surface area contributed by atoms with Crippen LogP contribution >= 0.6 is 23.2 Å². The van der Waals surface area contributed by atoms with E-state index < -0.39 is 0 Å². The first-order valence-electron chi connectivity index (χ1n) is 6.72. The summed E-state index contributed by atoms with van der Waals surface area (Å²) in [6.07, 6.45) is 1.03. The van der Waals surface area contributed by atoms with Crippen molar-refractivity contribution in [2.45, 2.75) is 33.4 Å². The van der Waals surface area contributed by atoms with Crippen LogP contribution in [0.4, 0.5) is 0 Å². The Bertz CT molecular complexity index is 578. The van der Waals surface area contributed by atoms with Gasteiger partial charge in [0.05, 0.1) is 5.69 Å². The molecule has 0 aliphatic carbocycles. The molecule has 0 radical (unpaired) electrons. The van der Waals surface area contributed by atoms with Crippen molar-refractivity contribution in [2.75, 3.05) is 6.54 Å². The van der Waals surface area contributed by atoms with Crippen LogP contribution < -0.4 is 5.32 Å². The molecule has 1 heterocycles. The lowest BCUT2D eigenvalue weighted by Crippen LogP contribution is -2.17. The molecule has 1 aromatic carbocycles. The number of nitrogens with one attached hydrogen (secondary N) is 1. The number of hydrogen-bond acceptors (Lipinski definition) is 2. The minimum atomic E-state index is 0.670. The average Bonchev–Trinajstić information content (AvgIpc) is 2.70. The Morgan fingerprint density at radius 1 is 1.20 bits per heavy atom. The van der Waals surface area contributed by atoms with Crippen LogP contribution in [0.2, 0.25) is 10.0 Å². The van der Waals surface area contributed by atoms with E-state index in [2.05, 4.69) is 23.4 Å². The van der Waals surface area contributed by atoms with E-state index >= 15 is 0 Å². The van der Waals surface area contributed by atoms with Gasteiger partial charge in [-0.1, -0.05) is 29.3 Å². The van der Waals surface area contributed by atoms with Gasteiger partial charge in [-0.3, -0.25) is 4.68 Å². The zero-order valence-corrected chi connectivity index (χ0v) is 13.3. The van der Waals surface area contributed by atoms with E-state index in [0.717, 1.165) is 37.3 Å². The minimum absolute atomic E-state index is 0.670. The maximum Gasteiger partial charge on any atom is 0.0596 e. The number of hydrogen-bond donors (Lipinski definition) is 1. The summed E-state index contributed by atoms with van der Waals surface area (Å²) in [4.78, 5) is 0. The van der Waals surface area contributed by atoms with E-state index in [1.165, 1.54) is 5.69 Å². The molecule has 0 unspecified atom stereocenters. The molecule has 2 aromatic rings. The predicted octanol–water partition coefficient (Wildman–Crippen LogP) is 3.99. The van der Waals surface area contributed by atoms with Crippen LogP contribution in [0.25, 0.3) is 0 Å². The lowest BCUT2D eigenvalue weighted by atomic mass is 10.2. The lowest BCUT2D eigenvalue weighted by Gasteiger charge is -2.08. The van der Waals surface area contributed by atoms with Gasteiger partial charge in [0.1, 0.15) is 0 Å². The van der Waals surface area contributed by atoms with E-state index in [0.29, 0.717) is 10.0 Å². The van der Waals surface area contributed by atoms with Gasteiger partial charge < -0.3 is 5.32 Å².